The summed E-state index contributed by atoms with van der Waals surface area (Å²) in [6.45, 7) is 4.60. The third-order valence-electron chi connectivity index (χ3n) is 11.3. The number of imidazole rings is 1. The molecule has 0 saturated carbocycles. The second-order valence-corrected chi connectivity index (χ2v) is 14.8. The Balaban J connectivity index is 1.35. The van der Waals surface area contributed by atoms with Gasteiger partial charge in [-0.2, -0.15) is 0 Å². The number of para-hydroxylation sites is 1. The van der Waals surface area contributed by atoms with Gasteiger partial charge in [0.15, 0.2) is 0 Å². The van der Waals surface area contributed by atoms with E-state index in [1.54, 1.807) is 0 Å². The van der Waals surface area contributed by atoms with Crippen molar-refractivity contribution >= 4 is 24.3 Å². The monoisotopic (exact) mass is 670 g/mol. The smallest absolute Gasteiger partial charge is 0.140 e. The van der Waals surface area contributed by atoms with Crippen LogP contribution in [0, 0.1) is 11.8 Å². The van der Waals surface area contributed by atoms with Crippen LogP contribution in [-0.4, -0.2) is 9.55 Å². The number of allylic oxidation sites excluding steroid dienone is 12. The lowest BCUT2D eigenvalue weighted by molar-refractivity contribution is 0.364. The molecule has 0 spiro atoms. The minimum absolute atomic E-state index is 0.125. The Morgan fingerprint density at radius 3 is 2.54 bits per heavy atom. The van der Waals surface area contributed by atoms with Crippen molar-refractivity contribution in [3.05, 3.63) is 178 Å². The molecular formula is C46H42N2OS. The maximum Gasteiger partial charge on any atom is 0.140 e. The van der Waals surface area contributed by atoms with Gasteiger partial charge in [0.25, 0.3) is 0 Å². The van der Waals surface area contributed by atoms with Gasteiger partial charge in [0.2, 0.25) is 0 Å². The van der Waals surface area contributed by atoms with Crippen LogP contribution < -0.4 is 4.74 Å². The summed E-state index contributed by atoms with van der Waals surface area (Å²) in [6.07, 6.45) is 28.2. The van der Waals surface area contributed by atoms with Crippen LogP contribution in [0.4, 0.5) is 0 Å². The zero-order chi connectivity index (χ0) is 33.8. The number of thiol groups is 1. The Morgan fingerprint density at radius 1 is 0.900 bits per heavy atom. The fraction of sp³-hybridized carbons (Fsp3) is 0.239. The van der Waals surface area contributed by atoms with Crippen molar-refractivity contribution in [3.8, 4) is 11.4 Å². The molecule has 4 aromatic rings. The third-order valence-corrected chi connectivity index (χ3v) is 11.7. The molecule has 4 atom stereocenters. The molecule has 0 aliphatic heterocycles. The average Bonchev–Trinajstić information content (AvgIpc) is 3.70. The van der Waals surface area contributed by atoms with E-state index in [0.29, 0.717) is 0 Å². The van der Waals surface area contributed by atoms with E-state index < -0.39 is 5.41 Å². The van der Waals surface area contributed by atoms with Crippen molar-refractivity contribution in [2.75, 3.05) is 0 Å². The number of hydrogen-bond acceptors (Lipinski definition) is 3. The van der Waals surface area contributed by atoms with Crippen LogP contribution in [0.25, 0.3) is 17.3 Å². The Kier molecular flexibility index (Phi) is 7.81. The highest BCUT2D eigenvalue weighted by molar-refractivity contribution is 7.80. The van der Waals surface area contributed by atoms with Gasteiger partial charge in [0, 0.05) is 28.0 Å². The maximum atomic E-state index is 6.97. The molecule has 0 fully saturated rings. The van der Waals surface area contributed by atoms with Gasteiger partial charge in [-0.25, -0.2) is 4.98 Å². The van der Waals surface area contributed by atoms with Gasteiger partial charge >= 0.3 is 0 Å². The minimum atomic E-state index is -0.418. The van der Waals surface area contributed by atoms with Crippen molar-refractivity contribution in [1.29, 1.82) is 0 Å². The van der Waals surface area contributed by atoms with Gasteiger partial charge in [0.1, 0.15) is 17.3 Å². The number of rotatable bonds is 6. The number of hydrogen-bond donors (Lipinski definition) is 1. The highest BCUT2D eigenvalue weighted by atomic mass is 32.1. The first-order valence-electron chi connectivity index (χ1n) is 18.1. The number of aromatic nitrogens is 2. The van der Waals surface area contributed by atoms with E-state index in [-0.39, 0.29) is 17.8 Å². The van der Waals surface area contributed by atoms with Crippen molar-refractivity contribution < 1.29 is 4.74 Å². The van der Waals surface area contributed by atoms with E-state index in [9.17, 15) is 0 Å². The average molecular weight is 671 g/mol. The van der Waals surface area contributed by atoms with Crippen molar-refractivity contribution in [3.63, 3.8) is 0 Å². The summed E-state index contributed by atoms with van der Waals surface area (Å²) in [5.74, 6) is 3.47. The Labute approximate surface area is 301 Å². The predicted octanol–water partition coefficient (Wildman–Crippen LogP) is 11.3. The van der Waals surface area contributed by atoms with Crippen LogP contribution in [-0.2, 0) is 11.8 Å². The highest BCUT2D eigenvalue weighted by Crippen LogP contribution is 2.63. The summed E-state index contributed by atoms with van der Waals surface area (Å²) in [6, 6.07) is 26.5. The molecule has 0 amide bonds. The molecule has 0 bridgehead atoms. The van der Waals surface area contributed by atoms with Gasteiger partial charge in [-0.1, -0.05) is 110 Å². The number of ether oxygens (including phenoxy) is 1. The number of nitrogens with zero attached hydrogens (tertiary/aromatic N) is 2. The van der Waals surface area contributed by atoms with E-state index >= 15 is 0 Å². The van der Waals surface area contributed by atoms with Crippen LogP contribution in [0.3, 0.4) is 0 Å². The van der Waals surface area contributed by atoms with E-state index in [1.807, 2.05) is 24.3 Å². The molecule has 1 aromatic heterocycles. The summed E-state index contributed by atoms with van der Waals surface area (Å²) in [5, 5.41) is 0. The zero-order valence-corrected chi connectivity index (χ0v) is 29.6. The largest absolute Gasteiger partial charge is 0.456 e. The molecular weight excluding hydrogens is 629 g/mol. The first-order chi connectivity index (χ1) is 24.6. The lowest BCUT2D eigenvalue weighted by Gasteiger charge is -2.43. The van der Waals surface area contributed by atoms with Crippen LogP contribution in [0.2, 0.25) is 0 Å². The van der Waals surface area contributed by atoms with E-state index in [4.69, 9.17) is 22.3 Å². The first kappa shape index (κ1) is 31.2. The first-order valence-corrected chi connectivity index (χ1v) is 18.6. The van der Waals surface area contributed by atoms with E-state index in [2.05, 4.69) is 128 Å². The fourth-order valence-electron chi connectivity index (χ4n) is 9.30. The standard InChI is InChI=1S/C46H42N2OS/c1-30-28-31(2)44(49-40-24-14-15-25-41(40)50)42-36-27-26-35(48-39-23-13-12-22-38(39)47-45(48)32-16-6-3-7-17-32)29-37(36)46(43(30)42,33-18-8-4-9-19-33)34-20-10-5-11-21-34/h3-4,6-10,12,14-16,18-22,24-30,32,43,50H,5,11,13,17,23H2,1-2H3. The number of fused-ring (bicyclic) bond motifs is 4. The molecule has 0 saturated heterocycles. The molecule has 5 aliphatic carbocycles. The molecule has 50 heavy (non-hydrogen) atoms. The summed E-state index contributed by atoms with van der Waals surface area (Å²) < 4.78 is 9.46. The van der Waals surface area contributed by atoms with Gasteiger partial charge < -0.3 is 4.74 Å². The second kappa shape index (κ2) is 12.5. The Bertz CT molecular complexity index is 2220. The zero-order valence-electron chi connectivity index (χ0n) is 28.7. The van der Waals surface area contributed by atoms with Gasteiger partial charge in [-0.15, -0.1) is 12.6 Å². The lowest BCUT2D eigenvalue weighted by atomic mass is 9.59. The molecule has 0 radical (unpaired) electrons. The van der Waals surface area contributed by atoms with Crippen molar-refractivity contribution in [2.45, 2.75) is 62.2 Å². The molecule has 248 valence electrons. The van der Waals surface area contributed by atoms with Crippen LogP contribution in [0.15, 0.2) is 149 Å². The summed E-state index contributed by atoms with van der Waals surface area (Å²) in [5.41, 5.74) is 10.9. The number of benzene rings is 3. The molecule has 9 rings (SSSR count). The van der Waals surface area contributed by atoms with Crippen molar-refractivity contribution in [2.24, 2.45) is 11.8 Å². The van der Waals surface area contributed by atoms with Gasteiger partial charge in [-0.05, 0) is 103 Å². The predicted molar refractivity (Wildman–Crippen MR) is 208 cm³/mol. The Hall–Kier alpha value is -4.80. The topological polar surface area (TPSA) is 27.1 Å². The van der Waals surface area contributed by atoms with Gasteiger partial charge in [-0.3, -0.25) is 4.57 Å². The van der Waals surface area contributed by atoms with Crippen molar-refractivity contribution in [1.82, 2.24) is 9.55 Å². The van der Waals surface area contributed by atoms with Gasteiger partial charge in [0.05, 0.1) is 16.8 Å². The SMILES string of the molecule is CC1=CC(C)C2C(=C1Oc1ccccc1S)c1ccc(-n3c(C4C=CC=CC4)nc4c3CCC=C4)cc1C2(C1=CCCC=C1)c1ccccc1. The summed E-state index contributed by atoms with van der Waals surface area (Å²) >= 11 is 4.80. The highest BCUT2D eigenvalue weighted by Gasteiger charge is 2.56. The van der Waals surface area contributed by atoms with Crippen LogP contribution in [0.1, 0.15) is 79.4 Å². The molecule has 1 heterocycles. The molecule has 4 heteroatoms. The molecule has 3 nitrogen and oxygen atoms in total. The molecule has 0 N–H and O–H groups in total. The third kappa shape index (κ3) is 4.83. The summed E-state index contributed by atoms with van der Waals surface area (Å²) in [7, 11) is 0. The van der Waals surface area contributed by atoms with Crippen LogP contribution >= 0.6 is 12.6 Å². The van der Waals surface area contributed by atoms with E-state index in [1.165, 1.54) is 44.8 Å². The second-order valence-electron chi connectivity index (χ2n) is 14.3. The quantitative estimate of drug-likeness (QED) is 0.207. The Morgan fingerprint density at radius 2 is 1.74 bits per heavy atom. The molecule has 5 aliphatic rings. The van der Waals surface area contributed by atoms with Crippen LogP contribution in [0.5, 0.6) is 5.75 Å². The lowest BCUT2D eigenvalue weighted by Crippen LogP contribution is -2.39. The van der Waals surface area contributed by atoms with E-state index in [0.717, 1.165) is 60.0 Å². The fourth-order valence-corrected chi connectivity index (χ4v) is 9.51. The summed E-state index contributed by atoms with van der Waals surface area (Å²) in [4.78, 5) is 6.15. The minimum Gasteiger partial charge on any atom is -0.456 e. The maximum absolute atomic E-state index is 6.97. The molecule has 3 aromatic carbocycles. The molecule has 4 unspecified atom stereocenters. The normalized spacial score (nSPS) is 24.8.